The lowest BCUT2D eigenvalue weighted by molar-refractivity contribution is 0.298. The van der Waals surface area contributed by atoms with Gasteiger partial charge >= 0.3 is 0 Å². The summed E-state index contributed by atoms with van der Waals surface area (Å²) in [5.41, 5.74) is 0.870. The number of sulfonamides is 1. The maximum Gasteiger partial charge on any atom is 0.261 e. The van der Waals surface area contributed by atoms with E-state index in [2.05, 4.69) is 28.5 Å². The Bertz CT molecular complexity index is 1410. The highest BCUT2D eigenvalue weighted by atomic mass is 35.5. The van der Waals surface area contributed by atoms with E-state index < -0.39 is 15.8 Å². The van der Waals surface area contributed by atoms with Gasteiger partial charge < -0.3 is 4.74 Å². The van der Waals surface area contributed by atoms with Crippen molar-refractivity contribution in [1.29, 1.82) is 0 Å². The van der Waals surface area contributed by atoms with Crippen LogP contribution in [0.3, 0.4) is 0 Å². The van der Waals surface area contributed by atoms with Gasteiger partial charge in [0.25, 0.3) is 10.0 Å². The molecule has 0 bridgehead atoms. The normalized spacial score (nSPS) is 11.8. The van der Waals surface area contributed by atoms with E-state index in [1.54, 1.807) is 23.6 Å². The molecule has 0 aliphatic heterocycles. The van der Waals surface area contributed by atoms with E-state index in [1.807, 2.05) is 6.07 Å². The first kappa shape index (κ1) is 24.4. The molecule has 2 aromatic heterocycles. The molecule has 178 valence electrons. The highest BCUT2D eigenvalue weighted by molar-refractivity contribution is 7.92. The van der Waals surface area contributed by atoms with Crippen LogP contribution in [0, 0.1) is 5.82 Å². The number of rotatable bonds is 9. The molecule has 0 spiro atoms. The summed E-state index contributed by atoms with van der Waals surface area (Å²) >= 11 is 7.38. The molecule has 2 heterocycles. The molecular formula is C24H23ClFN3O3S2. The summed E-state index contributed by atoms with van der Waals surface area (Å²) in [6, 6.07) is 13.3. The van der Waals surface area contributed by atoms with E-state index in [0.717, 1.165) is 40.8 Å². The first-order valence-corrected chi connectivity index (χ1v) is 13.3. The van der Waals surface area contributed by atoms with E-state index >= 15 is 0 Å². The van der Waals surface area contributed by atoms with Crippen LogP contribution in [-0.4, -0.2) is 31.4 Å². The summed E-state index contributed by atoms with van der Waals surface area (Å²) in [7, 11) is -3.89. The molecule has 0 fully saturated rings. The Morgan fingerprint density at radius 2 is 1.79 bits per heavy atom. The summed E-state index contributed by atoms with van der Waals surface area (Å²) in [5.74, 6) is -0.212. The summed E-state index contributed by atoms with van der Waals surface area (Å²) in [6.07, 6.45) is 1.62. The summed E-state index contributed by atoms with van der Waals surface area (Å²) in [6.45, 7) is 6.93. The first-order valence-electron chi connectivity index (χ1n) is 10.6. The molecule has 4 aromatic rings. The summed E-state index contributed by atoms with van der Waals surface area (Å²) < 4.78 is 49.0. The number of anilines is 1. The Morgan fingerprint density at radius 3 is 2.47 bits per heavy atom. The first-order chi connectivity index (χ1) is 16.3. The number of hydrogen-bond acceptors (Lipinski definition) is 6. The van der Waals surface area contributed by atoms with Crippen LogP contribution in [-0.2, 0) is 16.6 Å². The summed E-state index contributed by atoms with van der Waals surface area (Å²) in [5, 5.41) is 0.419. The molecule has 0 unspecified atom stereocenters. The number of benzene rings is 2. The van der Waals surface area contributed by atoms with E-state index in [-0.39, 0.29) is 16.3 Å². The minimum absolute atomic E-state index is 0.0133. The van der Waals surface area contributed by atoms with Gasteiger partial charge in [-0.05, 0) is 55.6 Å². The number of nitrogens with one attached hydrogen (secondary N) is 1. The zero-order valence-corrected chi connectivity index (χ0v) is 21.0. The quantitative estimate of drug-likeness (QED) is 0.272. The smallest absolute Gasteiger partial charge is 0.261 e. The highest BCUT2D eigenvalue weighted by Crippen LogP contribution is 2.36. The highest BCUT2D eigenvalue weighted by Gasteiger charge is 2.17. The zero-order valence-electron chi connectivity index (χ0n) is 18.6. The molecule has 1 N–H and O–H groups in total. The van der Waals surface area contributed by atoms with Gasteiger partial charge in [-0.2, -0.15) is 0 Å². The van der Waals surface area contributed by atoms with Crippen LogP contribution >= 0.6 is 22.9 Å². The minimum atomic E-state index is -3.89. The number of pyridine rings is 1. The maximum atomic E-state index is 14.8. The van der Waals surface area contributed by atoms with Crippen LogP contribution in [0.4, 0.5) is 10.1 Å². The van der Waals surface area contributed by atoms with Gasteiger partial charge in [0.1, 0.15) is 5.75 Å². The van der Waals surface area contributed by atoms with Crippen LogP contribution in [0.2, 0.25) is 5.02 Å². The van der Waals surface area contributed by atoms with E-state index in [0.29, 0.717) is 10.8 Å². The van der Waals surface area contributed by atoms with E-state index in [1.165, 1.54) is 36.4 Å². The fraction of sp³-hybridized carbons (Fsp3) is 0.208. The van der Waals surface area contributed by atoms with Crippen molar-refractivity contribution in [3.05, 3.63) is 76.5 Å². The SMILES string of the molecule is CCN(CC)Cc1cc2nccc(Oc3ccc(NS(=O)(=O)c4ccc(Cl)cc4)cc3F)c2s1. The summed E-state index contributed by atoms with van der Waals surface area (Å²) in [4.78, 5) is 7.88. The number of ether oxygens (including phenoxy) is 1. The Kier molecular flexibility index (Phi) is 7.37. The molecule has 6 nitrogen and oxygen atoms in total. The van der Waals surface area contributed by atoms with Crippen molar-refractivity contribution in [2.45, 2.75) is 25.3 Å². The topological polar surface area (TPSA) is 71.5 Å². The van der Waals surface area contributed by atoms with Gasteiger partial charge in [-0.25, -0.2) is 12.8 Å². The van der Waals surface area contributed by atoms with Gasteiger partial charge in [-0.1, -0.05) is 25.4 Å². The number of thiophene rings is 1. The molecule has 2 aromatic carbocycles. The molecule has 0 atom stereocenters. The zero-order chi connectivity index (χ0) is 24.3. The molecule has 4 rings (SSSR count). The number of hydrogen-bond donors (Lipinski definition) is 1. The van der Waals surface area contributed by atoms with Crippen molar-refractivity contribution in [3.63, 3.8) is 0 Å². The number of fused-ring (bicyclic) bond motifs is 1. The van der Waals surface area contributed by atoms with Crippen LogP contribution in [0.1, 0.15) is 18.7 Å². The predicted molar refractivity (Wildman–Crippen MR) is 135 cm³/mol. The second-order valence-electron chi connectivity index (χ2n) is 7.50. The molecule has 0 radical (unpaired) electrons. The lowest BCUT2D eigenvalue weighted by Gasteiger charge is -2.16. The van der Waals surface area contributed by atoms with Gasteiger partial charge in [0.05, 0.1) is 20.8 Å². The maximum absolute atomic E-state index is 14.8. The van der Waals surface area contributed by atoms with Crippen molar-refractivity contribution in [2.75, 3.05) is 17.8 Å². The molecule has 34 heavy (non-hydrogen) atoms. The Morgan fingerprint density at radius 1 is 1.06 bits per heavy atom. The van der Waals surface area contributed by atoms with Crippen molar-refractivity contribution in [1.82, 2.24) is 9.88 Å². The molecule has 0 amide bonds. The molecule has 0 aliphatic rings. The second-order valence-corrected chi connectivity index (χ2v) is 10.8. The van der Waals surface area contributed by atoms with E-state index in [9.17, 15) is 12.8 Å². The third-order valence-electron chi connectivity index (χ3n) is 5.23. The van der Waals surface area contributed by atoms with Crippen molar-refractivity contribution in [2.24, 2.45) is 0 Å². The van der Waals surface area contributed by atoms with Gasteiger partial charge in [-0.15, -0.1) is 11.3 Å². The van der Waals surface area contributed by atoms with Gasteiger partial charge in [0.2, 0.25) is 0 Å². The molecular weight excluding hydrogens is 497 g/mol. The Hall–Kier alpha value is -2.72. The third-order valence-corrected chi connectivity index (χ3v) is 8.00. The van der Waals surface area contributed by atoms with E-state index in [4.69, 9.17) is 16.3 Å². The van der Waals surface area contributed by atoms with Gasteiger partial charge in [0, 0.05) is 34.8 Å². The molecule has 0 saturated heterocycles. The fourth-order valence-electron chi connectivity index (χ4n) is 3.38. The lowest BCUT2D eigenvalue weighted by Crippen LogP contribution is -2.21. The van der Waals surface area contributed by atoms with Crippen LogP contribution in [0.15, 0.2) is 65.7 Å². The largest absolute Gasteiger partial charge is 0.453 e. The number of halogens is 2. The Labute approximate surface area is 207 Å². The monoisotopic (exact) mass is 519 g/mol. The number of nitrogens with zero attached hydrogens (tertiary/aromatic N) is 2. The lowest BCUT2D eigenvalue weighted by atomic mass is 10.3. The minimum Gasteiger partial charge on any atom is -0.453 e. The van der Waals surface area contributed by atoms with Gasteiger partial charge in [0.15, 0.2) is 11.6 Å². The average molecular weight is 520 g/mol. The fourth-order valence-corrected chi connectivity index (χ4v) is 5.67. The third kappa shape index (κ3) is 5.50. The molecule has 0 aliphatic carbocycles. The van der Waals surface area contributed by atoms with Crippen LogP contribution in [0.5, 0.6) is 11.5 Å². The molecule has 10 heteroatoms. The average Bonchev–Trinajstić information content (AvgIpc) is 3.23. The predicted octanol–water partition coefficient (Wildman–Crippen LogP) is 6.52. The molecule has 0 saturated carbocycles. The van der Waals surface area contributed by atoms with Crippen LogP contribution in [0.25, 0.3) is 10.2 Å². The Balaban J connectivity index is 1.55. The van der Waals surface area contributed by atoms with Crippen molar-refractivity contribution < 1.29 is 17.5 Å². The van der Waals surface area contributed by atoms with Crippen molar-refractivity contribution in [3.8, 4) is 11.5 Å². The van der Waals surface area contributed by atoms with Gasteiger partial charge in [-0.3, -0.25) is 14.6 Å². The standard InChI is InChI=1S/C24H23ClFN3O3S2/c1-3-29(4-2)15-18-14-21-24(33-18)23(11-12-27-21)32-22-10-7-17(13-20(22)26)28-34(30,31)19-8-5-16(25)6-9-19/h5-14,28H,3-4,15H2,1-2H3. The second kappa shape index (κ2) is 10.3. The number of aromatic nitrogens is 1. The van der Waals surface area contributed by atoms with Crippen LogP contribution < -0.4 is 9.46 Å². The van der Waals surface area contributed by atoms with Crippen molar-refractivity contribution >= 4 is 48.9 Å².